The lowest BCUT2D eigenvalue weighted by atomic mass is 10.1. The summed E-state index contributed by atoms with van der Waals surface area (Å²) in [6.07, 6.45) is 0. The summed E-state index contributed by atoms with van der Waals surface area (Å²) in [5.41, 5.74) is 1.78. The molecule has 22 heavy (non-hydrogen) atoms. The third kappa shape index (κ3) is 4.68. The van der Waals surface area contributed by atoms with Crippen molar-refractivity contribution >= 4 is 28.8 Å². The lowest BCUT2D eigenvalue weighted by Gasteiger charge is -2.11. The molecule has 2 amide bonds. The van der Waals surface area contributed by atoms with Crippen molar-refractivity contribution in [2.75, 3.05) is 18.4 Å². The molecule has 0 fully saturated rings. The van der Waals surface area contributed by atoms with E-state index in [1.165, 1.54) is 11.3 Å². The minimum absolute atomic E-state index is 0.0493. The summed E-state index contributed by atoms with van der Waals surface area (Å²) >= 11 is 1.35. The van der Waals surface area contributed by atoms with Crippen LogP contribution in [0.15, 0.2) is 41.8 Å². The predicted octanol–water partition coefficient (Wildman–Crippen LogP) is 2.23. The Morgan fingerprint density at radius 3 is 2.68 bits per heavy atom. The smallest absolute Gasteiger partial charge is 0.261 e. The number of hydrogen-bond donors (Lipinski definition) is 3. The van der Waals surface area contributed by atoms with Gasteiger partial charge in [0.1, 0.15) is 0 Å². The Morgan fingerprint density at radius 1 is 1.14 bits per heavy atom. The van der Waals surface area contributed by atoms with E-state index in [-0.39, 0.29) is 18.4 Å². The van der Waals surface area contributed by atoms with Gasteiger partial charge in [-0.2, -0.15) is 0 Å². The summed E-state index contributed by atoms with van der Waals surface area (Å²) in [5.74, 6) is -0.472. The highest BCUT2D eigenvalue weighted by molar-refractivity contribution is 7.12. The Labute approximate surface area is 133 Å². The number of nitrogens with one attached hydrogen (secondary N) is 3. The molecule has 2 aromatic rings. The van der Waals surface area contributed by atoms with Gasteiger partial charge in [-0.1, -0.05) is 31.2 Å². The number of rotatable bonds is 7. The Hall–Kier alpha value is -2.18. The van der Waals surface area contributed by atoms with Crippen LogP contribution < -0.4 is 16.0 Å². The van der Waals surface area contributed by atoms with Gasteiger partial charge in [0.15, 0.2) is 0 Å². The maximum atomic E-state index is 12.0. The van der Waals surface area contributed by atoms with Gasteiger partial charge in [-0.15, -0.1) is 11.3 Å². The summed E-state index contributed by atoms with van der Waals surface area (Å²) in [4.78, 5) is 24.3. The third-order valence-corrected chi connectivity index (χ3v) is 3.88. The van der Waals surface area contributed by atoms with Gasteiger partial charge < -0.3 is 16.0 Å². The standard InChI is InChI=1S/C16H19N3O2S/c1-2-17-10-12-6-3-4-7-13(12)19-15(20)11-18-16(21)14-8-5-9-22-14/h3-9,17H,2,10-11H2,1H3,(H,18,21)(H,19,20). The molecule has 1 aromatic carbocycles. The van der Waals surface area contributed by atoms with Crippen molar-refractivity contribution in [3.05, 3.63) is 52.2 Å². The van der Waals surface area contributed by atoms with Crippen LogP contribution in [0.25, 0.3) is 0 Å². The van der Waals surface area contributed by atoms with Crippen molar-refractivity contribution in [3.8, 4) is 0 Å². The lowest BCUT2D eigenvalue weighted by molar-refractivity contribution is -0.115. The van der Waals surface area contributed by atoms with E-state index in [2.05, 4.69) is 16.0 Å². The number of carbonyl (C=O) groups excluding carboxylic acids is 2. The minimum atomic E-state index is -0.242. The second kappa shape index (κ2) is 8.31. The van der Waals surface area contributed by atoms with E-state index in [0.717, 1.165) is 17.8 Å². The summed E-state index contributed by atoms with van der Waals surface area (Å²) < 4.78 is 0. The molecule has 0 aliphatic heterocycles. The van der Waals surface area contributed by atoms with Gasteiger partial charge in [-0.05, 0) is 29.6 Å². The fourth-order valence-electron chi connectivity index (χ4n) is 1.91. The van der Waals surface area contributed by atoms with E-state index in [9.17, 15) is 9.59 Å². The van der Waals surface area contributed by atoms with Gasteiger partial charge in [0, 0.05) is 12.2 Å². The molecule has 0 aliphatic rings. The van der Waals surface area contributed by atoms with Crippen LogP contribution in [0.1, 0.15) is 22.2 Å². The van der Waals surface area contributed by atoms with Crippen molar-refractivity contribution in [3.63, 3.8) is 0 Å². The Bertz CT molecular complexity index is 626. The number of para-hydroxylation sites is 1. The van der Waals surface area contributed by atoms with E-state index >= 15 is 0 Å². The zero-order valence-corrected chi connectivity index (χ0v) is 13.2. The molecule has 0 aliphatic carbocycles. The van der Waals surface area contributed by atoms with Crippen molar-refractivity contribution in [1.82, 2.24) is 10.6 Å². The van der Waals surface area contributed by atoms with Gasteiger partial charge in [0.05, 0.1) is 11.4 Å². The molecule has 0 atom stereocenters. The molecule has 0 unspecified atom stereocenters. The second-order valence-electron chi connectivity index (χ2n) is 4.65. The molecule has 0 saturated carbocycles. The van der Waals surface area contributed by atoms with Crippen LogP contribution in [0, 0.1) is 0 Å². The molecule has 0 bridgehead atoms. The van der Waals surface area contributed by atoms with Crippen LogP contribution in [0.5, 0.6) is 0 Å². The largest absolute Gasteiger partial charge is 0.342 e. The Balaban J connectivity index is 1.88. The van der Waals surface area contributed by atoms with E-state index in [4.69, 9.17) is 0 Å². The summed E-state index contributed by atoms with van der Waals surface area (Å²) in [6.45, 7) is 3.53. The van der Waals surface area contributed by atoms with Gasteiger partial charge in [0.2, 0.25) is 5.91 Å². The molecule has 3 N–H and O–H groups in total. The molecule has 2 rings (SSSR count). The molecule has 0 radical (unpaired) electrons. The number of benzene rings is 1. The molecule has 5 nitrogen and oxygen atoms in total. The zero-order chi connectivity index (χ0) is 15.8. The maximum Gasteiger partial charge on any atom is 0.261 e. The van der Waals surface area contributed by atoms with Crippen molar-refractivity contribution < 1.29 is 9.59 Å². The van der Waals surface area contributed by atoms with Gasteiger partial charge in [-0.25, -0.2) is 0 Å². The summed E-state index contributed by atoms with van der Waals surface area (Å²) in [7, 11) is 0. The second-order valence-corrected chi connectivity index (χ2v) is 5.59. The van der Waals surface area contributed by atoms with Gasteiger partial charge >= 0.3 is 0 Å². The van der Waals surface area contributed by atoms with E-state index in [1.807, 2.05) is 36.6 Å². The van der Waals surface area contributed by atoms with Crippen LogP contribution in [-0.2, 0) is 11.3 Å². The fourth-order valence-corrected chi connectivity index (χ4v) is 2.55. The molecule has 6 heteroatoms. The first kappa shape index (κ1) is 16.2. The monoisotopic (exact) mass is 317 g/mol. The quantitative estimate of drug-likeness (QED) is 0.733. The molecule has 1 heterocycles. The minimum Gasteiger partial charge on any atom is -0.342 e. The molecule has 1 aromatic heterocycles. The van der Waals surface area contributed by atoms with E-state index in [1.54, 1.807) is 12.1 Å². The van der Waals surface area contributed by atoms with Crippen molar-refractivity contribution in [2.45, 2.75) is 13.5 Å². The highest BCUT2D eigenvalue weighted by Gasteiger charge is 2.10. The van der Waals surface area contributed by atoms with E-state index in [0.29, 0.717) is 11.4 Å². The van der Waals surface area contributed by atoms with Crippen molar-refractivity contribution in [1.29, 1.82) is 0 Å². The molecular weight excluding hydrogens is 298 g/mol. The topological polar surface area (TPSA) is 70.2 Å². The lowest BCUT2D eigenvalue weighted by Crippen LogP contribution is -2.32. The average Bonchev–Trinajstić information content (AvgIpc) is 3.06. The van der Waals surface area contributed by atoms with Gasteiger partial charge in [-0.3, -0.25) is 9.59 Å². The normalized spacial score (nSPS) is 10.2. The average molecular weight is 317 g/mol. The van der Waals surface area contributed by atoms with Crippen LogP contribution in [-0.4, -0.2) is 24.9 Å². The number of thiophene rings is 1. The molecule has 0 spiro atoms. The summed E-state index contributed by atoms with van der Waals surface area (Å²) in [6, 6.07) is 11.1. The molecular formula is C16H19N3O2S. The Kier molecular flexibility index (Phi) is 6.12. The first-order valence-corrected chi connectivity index (χ1v) is 7.99. The first-order valence-electron chi connectivity index (χ1n) is 7.11. The van der Waals surface area contributed by atoms with Crippen LogP contribution in [0.4, 0.5) is 5.69 Å². The number of amides is 2. The SMILES string of the molecule is CCNCc1ccccc1NC(=O)CNC(=O)c1cccs1. The number of hydrogen-bond acceptors (Lipinski definition) is 4. The van der Waals surface area contributed by atoms with Crippen LogP contribution >= 0.6 is 11.3 Å². The summed E-state index contributed by atoms with van der Waals surface area (Å²) in [5, 5.41) is 10.5. The fraction of sp³-hybridized carbons (Fsp3) is 0.250. The highest BCUT2D eigenvalue weighted by atomic mass is 32.1. The highest BCUT2D eigenvalue weighted by Crippen LogP contribution is 2.14. The molecule has 0 saturated heterocycles. The van der Waals surface area contributed by atoms with Crippen LogP contribution in [0.3, 0.4) is 0 Å². The van der Waals surface area contributed by atoms with Crippen molar-refractivity contribution in [2.24, 2.45) is 0 Å². The molecule has 116 valence electrons. The zero-order valence-electron chi connectivity index (χ0n) is 12.4. The Morgan fingerprint density at radius 2 is 1.95 bits per heavy atom. The third-order valence-electron chi connectivity index (χ3n) is 3.01. The predicted molar refractivity (Wildman–Crippen MR) is 89.1 cm³/mol. The number of anilines is 1. The van der Waals surface area contributed by atoms with Crippen LogP contribution in [0.2, 0.25) is 0 Å². The number of carbonyl (C=O) groups is 2. The van der Waals surface area contributed by atoms with Gasteiger partial charge in [0.25, 0.3) is 5.91 Å². The maximum absolute atomic E-state index is 12.0. The van der Waals surface area contributed by atoms with E-state index < -0.39 is 0 Å². The first-order chi connectivity index (χ1) is 10.7.